The van der Waals surface area contributed by atoms with E-state index in [1.807, 2.05) is 12.1 Å². The Morgan fingerprint density at radius 1 is 1.47 bits per heavy atom. The van der Waals surface area contributed by atoms with Crippen LogP contribution in [0.1, 0.15) is 42.1 Å². The molecule has 0 bridgehead atoms. The Morgan fingerprint density at radius 3 is 2.94 bits per heavy atom. The van der Waals surface area contributed by atoms with Gasteiger partial charge in [-0.1, -0.05) is 13.3 Å². The van der Waals surface area contributed by atoms with Gasteiger partial charge in [0.15, 0.2) is 0 Å². The Morgan fingerprint density at radius 2 is 2.29 bits per heavy atom. The largest absolute Gasteiger partial charge is 0.371 e. The third kappa shape index (κ3) is 2.68. The minimum atomic E-state index is 0.774. The van der Waals surface area contributed by atoms with E-state index in [1.165, 1.54) is 37.1 Å². The molecule has 1 aromatic carbocycles. The number of aldehydes is 1. The minimum absolute atomic E-state index is 0.774. The fourth-order valence-electron chi connectivity index (χ4n) is 2.80. The summed E-state index contributed by atoms with van der Waals surface area (Å²) >= 11 is 0. The molecule has 2 rings (SSSR count). The summed E-state index contributed by atoms with van der Waals surface area (Å²) in [5, 5.41) is 0. The van der Waals surface area contributed by atoms with Crippen LogP contribution in [0.25, 0.3) is 0 Å². The molecule has 0 amide bonds. The van der Waals surface area contributed by atoms with E-state index in [1.54, 1.807) is 0 Å². The van der Waals surface area contributed by atoms with Crippen LogP contribution in [0.5, 0.6) is 0 Å². The minimum Gasteiger partial charge on any atom is -0.371 e. The number of nitrogens with zero attached hydrogens (tertiary/aromatic N) is 1. The fourth-order valence-corrected chi connectivity index (χ4v) is 2.80. The zero-order chi connectivity index (χ0) is 12.3. The molecule has 0 radical (unpaired) electrons. The van der Waals surface area contributed by atoms with E-state index in [9.17, 15) is 4.79 Å². The molecule has 0 aromatic heterocycles. The monoisotopic (exact) mass is 231 g/mol. The second-order valence-corrected chi connectivity index (χ2v) is 5.05. The molecule has 1 aliphatic heterocycles. The summed E-state index contributed by atoms with van der Waals surface area (Å²) in [5.41, 5.74) is 3.29. The fraction of sp³-hybridized carbons (Fsp3) is 0.533. The average molecular weight is 231 g/mol. The summed E-state index contributed by atoms with van der Waals surface area (Å²) in [5.74, 6) is 0.852. The summed E-state index contributed by atoms with van der Waals surface area (Å²) in [7, 11) is 0. The van der Waals surface area contributed by atoms with Crippen LogP contribution in [-0.2, 0) is 0 Å². The van der Waals surface area contributed by atoms with E-state index in [0.717, 1.165) is 24.3 Å². The summed E-state index contributed by atoms with van der Waals surface area (Å²) in [6.45, 7) is 6.68. The molecule has 0 spiro atoms. The van der Waals surface area contributed by atoms with Gasteiger partial charge in [0.2, 0.25) is 0 Å². The standard InChI is InChI=1S/C15H21NO/c1-3-4-13-7-8-16(10-13)15-6-5-14(11-17)9-12(15)2/h5-6,9,11,13H,3-4,7-8,10H2,1-2H3. The lowest BCUT2D eigenvalue weighted by Crippen LogP contribution is -2.20. The van der Waals surface area contributed by atoms with E-state index in [4.69, 9.17) is 0 Å². The van der Waals surface area contributed by atoms with Gasteiger partial charge in [-0.3, -0.25) is 4.79 Å². The molecular formula is C15H21NO. The number of rotatable bonds is 4. The Bertz CT molecular complexity index is 400. The maximum atomic E-state index is 10.7. The van der Waals surface area contributed by atoms with Crippen LogP contribution < -0.4 is 4.90 Å². The van der Waals surface area contributed by atoms with Crippen LogP contribution in [0.2, 0.25) is 0 Å². The zero-order valence-corrected chi connectivity index (χ0v) is 10.8. The molecule has 2 nitrogen and oxygen atoms in total. The van der Waals surface area contributed by atoms with Crippen molar-refractivity contribution in [1.82, 2.24) is 0 Å². The topological polar surface area (TPSA) is 20.3 Å². The van der Waals surface area contributed by atoms with Crippen LogP contribution in [-0.4, -0.2) is 19.4 Å². The van der Waals surface area contributed by atoms with Gasteiger partial charge in [-0.15, -0.1) is 0 Å². The lowest BCUT2D eigenvalue weighted by atomic mass is 10.0. The predicted molar refractivity (Wildman–Crippen MR) is 71.8 cm³/mol. The predicted octanol–water partition coefficient (Wildman–Crippen LogP) is 3.43. The average Bonchev–Trinajstić information content (AvgIpc) is 2.78. The summed E-state index contributed by atoms with van der Waals surface area (Å²) in [6, 6.07) is 5.99. The SMILES string of the molecule is CCCC1CCN(c2ccc(C=O)cc2C)C1. The molecule has 1 atom stereocenters. The first-order valence-electron chi connectivity index (χ1n) is 6.55. The Balaban J connectivity index is 2.10. The highest BCUT2D eigenvalue weighted by Gasteiger charge is 2.22. The molecular weight excluding hydrogens is 210 g/mol. The van der Waals surface area contributed by atoms with Gasteiger partial charge in [-0.2, -0.15) is 0 Å². The second-order valence-electron chi connectivity index (χ2n) is 5.05. The highest BCUT2D eigenvalue weighted by Crippen LogP contribution is 2.29. The molecule has 1 aliphatic rings. The van der Waals surface area contributed by atoms with Gasteiger partial charge in [-0.05, 0) is 49.4 Å². The van der Waals surface area contributed by atoms with Crippen molar-refractivity contribution in [3.63, 3.8) is 0 Å². The van der Waals surface area contributed by atoms with Crippen molar-refractivity contribution in [2.45, 2.75) is 33.1 Å². The van der Waals surface area contributed by atoms with Crippen molar-refractivity contribution in [3.8, 4) is 0 Å². The molecule has 92 valence electrons. The normalized spacial score (nSPS) is 19.6. The van der Waals surface area contributed by atoms with Gasteiger partial charge in [0.05, 0.1) is 0 Å². The molecule has 1 fully saturated rings. The van der Waals surface area contributed by atoms with Crippen LogP contribution in [0, 0.1) is 12.8 Å². The van der Waals surface area contributed by atoms with Crippen LogP contribution >= 0.6 is 0 Å². The van der Waals surface area contributed by atoms with Gasteiger partial charge in [0, 0.05) is 24.3 Å². The molecule has 17 heavy (non-hydrogen) atoms. The van der Waals surface area contributed by atoms with Gasteiger partial charge in [-0.25, -0.2) is 0 Å². The van der Waals surface area contributed by atoms with Gasteiger partial charge in [0.25, 0.3) is 0 Å². The van der Waals surface area contributed by atoms with Gasteiger partial charge < -0.3 is 4.90 Å². The lowest BCUT2D eigenvalue weighted by molar-refractivity contribution is 0.112. The molecule has 1 aromatic rings. The Kier molecular flexibility index (Phi) is 3.82. The molecule has 0 aliphatic carbocycles. The van der Waals surface area contributed by atoms with Crippen molar-refractivity contribution >= 4 is 12.0 Å². The van der Waals surface area contributed by atoms with E-state index >= 15 is 0 Å². The van der Waals surface area contributed by atoms with E-state index < -0.39 is 0 Å². The molecule has 1 heterocycles. The van der Waals surface area contributed by atoms with Crippen molar-refractivity contribution < 1.29 is 4.79 Å². The quantitative estimate of drug-likeness (QED) is 0.740. The van der Waals surface area contributed by atoms with E-state index in [0.29, 0.717) is 0 Å². The van der Waals surface area contributed by atoms with E-state index in [2.05, 4.69) is 24.8 Å². The highest BCUT2D eigenvalue weighted by molar-refractivity contribution is 5.77. The number of carbonyl (C=O) groups excluding carboxylic acids is 1. The molecule has 0 saturated carbocycles. The van der Waals surface area contributed by atoms with Crippen molar-refractivity contribution in [1.29, 1.82) is 0 Å². The number of hydrogen-bond acceptors (Lipinski definition) is 2. The number of hydrogen-bond donors (Lipinski definition) is 0. The molecule has 2 heteroatoms. The van der Waals surface area contributed by atoms with Crippen molar-refractivity contribution in [3.05, 3.63) is 29.3 Å². The number of aryl methyl sites for hydroxylation is 1. The summed E-state index contributed by atoms with van der Waals surface area (Å²) in [4.78, 5) is 13.2. The first-order chi connectivity index (χ1) is 8.24. The van der Waals surface area contributed by atoms with Gasteiger partial charge >= 0.3 is 0 Å². The Hall–Kier alpha value is -1.31. The van der Waals surface area contributed by atoms with Crippen molar-refractivity contribution in [2.24, 2.45) is 5.92 Å². The van der Waals surface area contributed by atoms with Crippen LogP contribution in [0.3, 0.4) is 0 Å². The van der Waals surface area contributed by atoms with Gasteiger partial charge in [0.1, 0.15) is 6.29 Å². The first kappa shape index (κ1) is 12.2. The summed E-state index contributed by atoms with van der Waals surface area (Å²) in [6.07, 6.45) is 4.84. The lowest BCUT2D eigenvalue weighted by Gasteiger charge is -2.21. The third-order valence-electron chi connectivity index (χ3n) is 3.68. The van der Waals surface area contributed by atoms with Crippen LogP contribution in [0.4, 0.5) is 5.69 Å². The van der Waals surface area contributed by atoms with Crippen molar-refractivity contribution in [2.75, 3.05) is 18.0 Å². The first-order valence-corrected chi connectivity index (χ1v) is 6.55. The molecule has 0 N–H and O–H groups in total. The number of benzene rings is 1. The van der Waals surface area contributed by atoms with E-state index in [-0.39, 0.29) is 0 Å². The molecule has 1 saturated heterocycles. The second kappa shape index (κ2) is 5.35. The Labute approximate surface area is 104 Å². The number of anilines is 1. The highest BCUT2D eigenvalue weighted by atomic mass is 16.1. The summed E-state index contributed by atoms with van der Waals surface area (Å²) < 4.78 is 0. The number of carbonyl (C=O) groups is 1. The maximum absolute atomic E-state index is 10.7. The van der Waals surface area contributed by atoms with Crippen LogP contribution in [0.15, 0.2) is 18.2 Å². The zero-order valence-electron chi connectivity index (χ0n) is 10.8. The maximum Gasteiger partial charge on any atom is 0.150 e. The third-order valence-corrected chi connectivity index (χ3v) is 3.68. The smallest absolute Gasteiger partial charge is 0.150 e. The molecule has 1 unspecified atom stereocenters.